The van der Waals surface area contributed by atoms with Gasteiger partial charge in [-0.15, -0.1) is 0 Å². The zero-order valence-corrected chi connectivity index (χ0v) is 13.6. The summed E-state index contributed by atoms with van der Waals surface area (Å²) in [5, 5.41) is 0.513. The van der Waals surface area contributed by atoms with E-state index in [-0.39, 0.29) is 5.97 Å². The highest BCUT2D eigenvalue weighted by atomic mass is 35.5. The fourth-order valence-corrected chi connectivity index (χ4v) is 3.21. The molecule has 1 aliphatic rings. The third-order valence-corrected chi connectivity index (χ3v) is 4.27. The Morgan fingerprint density at radius 3 is 2.81 bits per heavy atom. The Morgan fingerprint density at radius 1 is 1.43 bits per heavy atom. The number of halogens is 1. The largest absolute Gasteiger partial charge is 0.462 e. The molecule has 0 amide bonds. The molecule has 1 aromatic rings. The van der Waals surface area contributed by atoms with Gasteiger partial charge in [0.2, 0.25) is 0 Å². The van der Waals surface area contributed by atoms with Crippen molar-refractivity contribution in [1.82, 2.24) is 0 Å². The van der Waals surface area contributed by atoms with E-state index < -0.39 is 0 Å². The molecular formula is C16H23ClN2O2. The Labute approximate surface area is 131 Å². The van der Waals surface area contributed by atoms with Crippen LogP contribution in [0.25, 0.3) is 0 Å². The summed E-state index contributed by atoms with van der Waals surface area (Å²) in [6, 6.07) is 3.70. The number of ether oxygens (including phenoxy) is 1. The van der Waals surface area contributed by atoms with Crippen LogP contribution in [0.4, 0.5) is 11.4 Å². The van der Waals surface area contributed by atoms with Crippen LogP contribution in [0.15, 0.2) is 12.1 Å². The van der Waals surface area contributed by atoms with Gasteiger partial charge >= 0.3 is 5.97 Å². The van der Waals surface area contributed by atoms with Crippen molar-refractivity contribution in [1.29, 1.82) is 0 Å². The van der Waals surface area contributed by atoms with Crippen LogP contribution in [0.5, 0.6) is 0 Å². The number of nitrogens with zero attached hydrogens (tertiary/aromatic N) is 1. The van der Waals surface area contributed by atoms with Crippen LogP contribution in [0.2, 0.25) is 5.02 Å². The first kappa shape index (κ1) is 16.0. The van der Waals surface area contributed by atoms with E-state index in [4.69, 9.17) is 22.1 Å². The smallest absolute Gasteiger partial charge is 0.340 e. The number of nitrogen functional groups attached to an aromatic ring is 1. The number of benzene rings is 1. The lowest BCUT2D eigenvalue weighted by atomic mass is 9.93. The molecule has 2 unspecified atom stereocenters. The molecule has 1 saturated heterocycles. The number of hydrogen-bond acceptors (Lipinski definition) is 4. The lowest BCUT2D eigenvalue weighted by Gasteiger charge is -2.39. The average Bonchev–Trinajstić information content (AvgIpc) is 2.41. The molecule has 0 aliphatic carbocycles. The minimum Gasteiger partial charge on any atom is -0.462 e. The molecule has 0 aromatic heterocycles. The van der Waals surface area contributed by atoms with E-state index in [1.54, 1.807) is 19.1 Å². The fourth-order valence-electron chi connectivity index (χ4n) is 2.88. The molecule has 5 heteroatoms. The zero-order valence-electron chi connectivity index (χ0n) is 12.9. The molecule has 2 rings (SSSR count). The summed E-state index contributed by atoms with van der Waals surface area (Å²) in [5.74, 6) is 0.206. The van der Waals surface area contributed by atoms with Crippen LogP contribution in [0, 0.1) is 5.92 Å². The topological polar surface area (TPSA) is 55.6 Å². The van der Waals surface area contributed by atoms with Crippen LogP contribution in [-0.2, 0) is 4.74 Å². The van der Waals surface area contributed by atoms with E-state index in [1.165, 1.54) is 6.42 Å². The fraction of sp³-hybridized carbons (Fsp3) is 0.562. The summed E-state index contributed by atoms with van der Waals surface area (Å²) >= 11 is 6.40. The lowest BCUT2D eigenvalue weighted by Crippen LogP contribution is -2.42. The molecule has 2 atom stereocenters. The van der Waals surface area contributed by atoms with E-state index >= 15 is 0 Å². The second-order valence-electron chi connectivity index (χ2n) is 5.80. The lowest BCUT2D eigenvalue weighted by molar-refractivity contribution is 0.0527. The van der Waals surface area contributed by atoms with Crippen LogP contribution in [0.1, 0.15) is 44.0 Å². The highest BCUT2D eigenvalue weighted by molar-refractivity contribution is 6.34. The van der Waals surface area contributed by atoms with Gasteiger partial charge in [-0.1, -0.05) is 18.5 Å². The molecule has 1 heterocycles. The molecule has 0 radical (unpaired) electrons. The van der Waals surface area contributed by atoms with Crippen LogP contribution in [0.3, 0.4) is 0 Å². The number of piperidine rings is 1. The van der Waals surface area contributed by atoms with Gasteiger partial charge in [0.1, 0.15) is 0 Å². The third kappa shape index (κ3) is 3.43. The predicted molar refractivity (Wildman–Crippen MR) is 87.0 cm³/mol. The van der Waals surface area contributed by atoms with Crippen molar-refractivity contribution in [3.8, 4) is 0 Å². The van der Waals surface area contributed by atoms with Crippen molar-refractivity contribution < 1.29 is 9.53 Å². The van der Waals surface area contributed by atoms with E-state index in [0.717, 1.165) is 18.7 Å². The Balaban J connectivity index is 2.47. The molecule has 116 valence electrons. The van der Waals surface area contributed by atoms with Gasteiger partial charge < -0.3 is 15.4 Å². The van der Waals surface area contributed by atoms with Crippen molar-refractivity contribution in [2.75, 3.05) is 23.8 Å². The third-order valence-electron chi connectivity index (χ3n) is 3.99. The molecule has 0 bridgehead atoms. The van der Waals surface area contributed by atoms with Crippen molar-refractivity contribution in [3.05, 3.63) is 22.7 Å². The van der Waals surface area contributed by atoms with Gasteiger partial charge in [-0.3, -0.25) is 0 Å². The normalized spacial score (nSPS) is 22.2. The predicted octanol–water partition coefficient (Wildman–Crippen LogP) is 3.72. The number of anilines is 2. The number of rotatable bonds is 3. The van der Waals surface area contributed by atoms with Crippen molar-refractivity contribution in [2.24, 2.45) is 5.92 Å². The molecule has 1 aromatic carbocycles. The minimum atomic E-state index is -0.368. The molecule has 21 heavy (non-hydrogen) atoms. The zero-order chi connectivity index (χ0) is 15.6. The van der Waals surface area contributed by atoms with E-state index in [0.29, 0.717) is 34.8 Å². The molecule has 2 N–H and O–H groups in total. The second-order valence-corrected chi connectivity index (χ2v) is 6.21. The summed E-state index contributed by atoms with van der Waals surface area (Å²) in [6.07, 6.45) is 2.28. The van der Waals surface area contributed by atoms with Crippen molar-refractivity contribution in [2.45, 2.75) is 39.7 Å². The quantitative estimate of drug-likeness (QED) is 0.683. The Kier molecular flexibility index (Phi) is 4.99. The average molecular weight is 311 g/mol. The molecule has 0 spiro atoms. The Morgan fingerprint density at radius 2 is 2.14 bits per heavy atom. The van der Waals surface area contributed by atoms with Crippen molar-refractivity contribution >= 4 is 28.9 Å². The summed E-state index contributed by atoms with van der Waals surface area (Å²) in [7, 11) is 0. The van der Waals surface area contributed by atoms with Gasteiger partial charge in [0.05, 0.1) is 22.9 Å². The van der Waals surface area contributed by atoms with Gasteiger partial charge in [0.25, 0.3) is 0 Å². The maximum atomic E-state index is 12.2. The minimum absolute atomic E-state index is 0.330. The summed E-state index contributed by atoms with van der Waals surface area (Å²) in [6.45, 7) is 7.38. The molecule has 1 aliphatic heterocycles. The van der Waals surface area contributed by atoms with Gasteiger partial charge in [0, 0.05) is 18.3 Å². The molecule has 4 nitrogen and oxygen atoms in total. The van der Waals surface area contributed by atoms with Crippen LogP contribution < -0.4 is 10.6 Å². The van der Waals surface area contributed by atoms with E-state index in [1.807, 2.05) is 0 Å². The maximum absolute atomic E-state index is 12.2. The Hall–Kier alpha value is -1.42. The summed E-state index contributed by atoms with van der Waals surface area (Å²) in [5.41, 5.74) is 7.53. The van der Waals surface area contributed by atoms with Gasteiger partial charge in [0.15, 0.2) is 0 Å². The number of carbonyl (C=O) groups is 1. The standard InChI is InChI=1S/C16H23ClN2O2/c1-4-21-16(20)13-7-12(18)8-14(17)15(13)19-9-10(2)5-6-11(19)3/h7-8,10-11H,4-6,9,18H2,1-3H3. The number of carbonyl (C=O) groups excluding carboxylic acids is 1. The van der Waals surface area contributed by atoms with Crippen LogP contribution in [-0.4, -0.2) is 25.2 Å². The first-order valence-corrected chi connectivity index (χ1v) is 7.84. The number of hydrogen-bond donors (Lipinski definition) is 1. The summed E-state index contributed by atoms with van der Waals surface area (Å²) < 4.78 is 5.15. The van der Waals surface area contributed by atoms with Gasteiger partial charge in [-0.05, 0) is 44.7 Å². The number of esters is 1. The molecular weight excluding hydrogens is 288 g/mol. The molecule has 0 saturated carbocycles. The Bertz CT molecular complexity index is 533. The van der Waals surface area contributed by atoms with E-state index in [2.05, 4.69) is 18.7 Å². The van der Waals surface area contributed by atoms with Crippen LogP contribution >= 0.6 is 11.6 Å². The van der Waals surface area contributed by atoms with Crippen molar-refractivity contribution in [3.63, 3.8) is 0 Å². The summed E-state index contributed by atoms with van der Waals surface area (Å²) in [4.78, 5) is 14.4. The first-order valence-electron chi connectivity index (χ1n) is 7.46. The van der Waals surface area contributed by atoms with Gasteiger partial charge in [-0.25, -0.2) is 4.79 Å². The molecule has 1 fully saturated rings. The number of nitrogens with two attached hydrogens (primary N) is 1. The highest BCUT2D eigenvalue weighted by Crippen LogP contribution is 2.37. The monoisotopic (exact) mass is 310 g/mol. The second kappa shape index (κ2) is 6.56. The first-order chi connectivity index (χ1) is 9.93. The highest BCUT2D eigenvalue weighted by Gasteiger charge is 2.29. The van der Waals surface area contributed by atoms with E-state index in [9.17, 15) is 4.79 Å². The SMILES string of the molecule is CCOC(=O)c1cc(N)cc(Cl)c1N1CC(C)CCC1C. The maximum Gasteiger partial charge on any atom is 0.340 e. The van der Waals surface area contributed by atoms with Gasteiger partial charge in [-0.2, -0.15) is 0 Å².